The largest absolute Gasteiger partial charge is 0.497 e. The Morgan fingerprint density at radius 1 is 0.941 bits per heavy atom. The van der Waals surface area contributed by atoms with Crippen LogP contribution >= 0.6 is 0 Å². The number of hydrogen-bond donors (Lipinski definition) is 0. The molecule has 1 heterocycles. The maximum Gasteiger partial charge on any atom is 0.269 e. The zero-order chi connectivity index (χ0) is 23.5. The van der Waals surface area contributed by atoms with Gasteiger partial charge in [0.15, 0.2) is 0 Å². The molecule has 1 saturated carbocycles. The van der Waals surface area contributed by atoms with E-state index in [1.165, 1.54) is 42.4 Å². The number of hydrogen-bond acceptors (Lipinski definition) is 4. The van der Waals surface area contributed by atoms with Gasteiger partial charge in [-0.15, -0.1) is 0 Å². The molecule has 5 rings (SSSR count). The van der Waals surface area contributed by atoms with Gasteiger partial charge in [0, 0.05) is 31.3 Å². The summed E-state index contributed by atoms with van der Waals surface area (Å²) < 4.78 is 5.39. The highest BCUT2D eigenvalue weighted by molar-refractivity contribution is 5.83. The highest BCUT2D eigenvalue weighted by atomic mass is 16.6. The quantitative estimate of drug-likeness (QED) is 0.316. The van der Waals surface area contributed by atoms with E-state index in [2.05, 4.69) is 47.4 Å². The van der Waals surface area contributed by atoms with Crippen molar-refractivity contribution in [3.63, 3.8) is 0 Å². The molecule has 5 heteroatoms. The lowest BCUT2D eigenvalue weighted by Gasteiger charge is -2.31. The summed E-state index contributed by atoms with van der Waals surface area (Å²) in [6.45, 7) is 1.87. The van der Waals surface area contributed by atoms with Gasteiger partial charge in [-0.2, -0.15) is 0 Å². The van der Waals surface area contributed by atoms with Gasteiger partial charge >= 0.3 is 0 Å². The first kappa shape index (κ1) is 22.4. The van der Waals surface area contributed by atoms with E-state index in [1.807, 2.05) is 24.3 Å². The molecule has 1 aliphatic heterocycles. The number of benzene rings is 3. The number of nitro groups is 1. The molecular formula is C29H30N2O3. The summed E-state index contributed by atoms with van der Waals surface area (Å²) in [5.74, 6) is 1.33. The predicted molar refractivity (Wildman–Crippen MR) is 135 cm³/mol. The normalized spacial score (nSPS) is 21.7. The van der Waals surface area contributed by atoms with Crippen molar-refractivity contribution < 1.29 is 9.66 Å². The van der Waals surface area contributed by atoms with Crippen LogP contribution in [0.1, 0.15) is 42.4 Å². The van der Waals surface area contributed by atoms with E-state index in [-0.39, 0.29) is 10.6 Å². The monoisotopic (exact) mass is 454 g/mol. The lowest BCUT2D eigenvalue weighted by Crippen LogP contribution is -2.34. The molecule has 0 radical (unpaired) electrons. The van der Waals surface area contributed by atoms with Crippen molar-refractivity contribution in [2.24, 2.45) is 5.92 Å². The van der Waals surface area contributed by atoms with E-state index in [0.29, 0.717) is 12.0 Å². The van der Waals surface area contributed by atoms with Crippen LogP contribution in [0.15, 0.2) is 84.4 Å². The smallest absolute Gasteiger partial charge is 0.269 e. The number of rotatable bonds is 6. The number of methoxy groups -OCH3 is 1. The van der Waals surface area contributed by atoms with Crippen LogP contribution in [0.25, 0.3) is 5.57 Å². The molecule has 0 N–H and O–H groups in total. The second-order valence-corrected chi connectivity index (χ2v) is 9.28. The van der Waals surface area contributed by atoms with Gasteiger partial charge in [-0.05, 0) is 70.9 Å². The summed E-state index contributed by atoms with van der Waals surface area (Å²) in [6, 6.07) is 26.5. The number of non-ortho nitro benzene ring substituents is 1. The van der Waals surface area contributed by atoms with Gasteiger partial charge in [-0.25, -0.2) is 0 Å². The lowest BCUT2D eigenvalue weighted by molar-refractivity contribution is -0.384. The number of nitro benzene ring substituents is 1. The van der Waals surface area contributed by atoms with Gasteiger partial charge in [0.2, 0.25) is 0 Å². The number of ether oxygens (including phenoxy) is 1. The van der Waals surface area contributed by atoms with Crippen LogP contribution < -0.4 is 4.74 Å². The van der Waals surface area contributed by atoms with E-state index in [9.17, 15) is 10.1 Å². The zero-order valence-electron chi connectivity index (χ0n) is 19.5. The molecule has 1 saturated heterocycles. The molecule has 3 aromatic rings. The Morgan fingerprint density at radius 2 is 1.59 bits per heavy atom. The Hall–Kier alpha value is -3.44. The predicted octanol–water partition coefficient (Wildman–Crippen LogP) is 6.48. The van der Waals surface area contributed by atoms with E-state index in [4.69, 9.17) is 4.74 Å². The topological polar surface area (TPSA) is 55.6 Å². The molecule has 0 bridgehead atoms. The average molecular weight is 455 g/mol. The van der Waals surface area contributed by atoms with Gasteiger partial charge in [-0.1, -0.05) is 55.3 Å². The zero-order valence-corrected chi connectivity index (χ0v) is 19.5. The molecule has 2 aliphatic rings. The fraction of sp³-hybridized carbons (Fsp3) is 0.310. The third-order valence-electron chi connectivity index (χ3n) is 7.31. The minimum Gasteiger partial charge on any atom is -0.497 e. The lowest BCUT2D eigenvalue weighted by atomic mass is 9.79. The Bertz CT molecular complexity index is 1170. The Kier molecular flexibility index (Phi) is 6.45. The number of fused-ring (bicyclic) bond motifs is 1. The summed E-state index contributed by atoms with van der Waals surface area (Å²) in [6.07, 6.45) is 4.93. The second kappa shape index (κ2) is 9.82. The third kappa shape index (κ3) is 4.48. The van der Waals surface area contributed by atoms with Gasteiger partial charge in [0.1, 0.15) is 5.75 Å². The first-order chi connectivity index (χ1) is 16.6. The van der Waals surface area contributed by atoms with E-state index < -0.39 is 0 Å². The number of likely N-dealkylation sites (tertiary alicyclic amines) is 1. The second-order valence-electron chi connectivity index (χ2n) is 9.28. The molecule has 174 valence electrons. The molecule has 3 aromatic carbocycles. The minimum atomic E-state index is -0.335. The molecule has 2 fully saturated rings. The van der Waals surface area contributed by atoms with E-state index in [1.54, 1.807) is 19.2 Å². The van der Waals surface area contributed by atoms with Crippen LogP contribution in [0.4, 0.5) is 5.69 Å². The summed E-state index contributed by atoms with van der Waals surface area (Å²) in [4.78, 5) is 13.6. The minimum absolute atomic E-state index is 0.121. The van der Waals surface area contributed by atoms with Crippen LogP contribution in [0, 0.1) is 16.0 Å². The molecule has 34 heavy (non-hydrogen) atoms. The SMILES string of the molecule is COc1ccc(/C(=C2\CN(Cc3ccccc3)[C@H]3CCCC[C@@H]23)c2ccc([N+](=O)[O-])cc2)cc1. The molecule has 5 nitrogen and oxygen atoms in total. The van der Waals surface area contributed by atoms with Crippen LogP contribution in [0.3, 0.4) is 0 Å². The van der Waals surface area contributed by atoms with Crippen molar-refractivity contribution in [3.8, 4) is 5.75 Å². The molecule has 0 aromatic heterocycles. The van der Waals surface area contributed by atoms with E-state index >= 15 is 0 Å². The van der Waals surface area contributed by atoms with Crippen LogP contribution in [0.2, 0.25) is 0 Å². The highest BCUT2D eigenvalue weighted by Gasteiger charge is 2.40. The van der Waals surface area contributed by atoms with Crippen LogP contribution in [0.5, 0.6) is 5.75 Å². The maximum atomic E-state index is 11.3. The molecular weight excluding hydrogens is 424 g/mol. The number of nitrogens with zero attached hydrogens (tertiary/aromatic N) is 2. The molecule has 1 aliphatic carbocycles. The van der Waals surface area contributed by atoms with Gasteiger partial charge < -0.3 is 4.74 Å². The fourth-order valence-corrected chi connectivity index (χ4v) is 5.71. The standard InChI is InChI=1S/C29H30N2O3/c1-34-25-17-13-23(14-18-25)29(22-11-15-24(16-12-22)31(32)33)27-20-30(19-21-7-3-2-4-8-21)28-10-6-5-9-26(27)28/h2-4,7-8,11-18,26,28H,5-6,9-10,19-20H2,1H3/b29-27+/t26-,28-/m0/s1. The first-order valence-electron chi connectivity index (χ1n) is 12.0. The average Bonchev–Trinajstić information content (AvgIpc) is 3.23. The van der Waals surface area contributed by atoms with Crippen LogP contribution in [-0.4, -0.2) is 29.5 Å². The molecule has 0 spiro atoms. The van der Waals surface area contributed by atoms with Crippen molar-refractivity contribution in [1.29, 1.82) is 0 Å². The van der Waals surface area contributed by atoms with Crippen molar-refractivity contribution in [3.05, 3.63) is 111 Å². The van der Waals surface area contributed by atoms with Crippen molar-refractivity contribution >= 4 is 11.3 Å². The summed E-state index contributed by atoms with van der Waals surface area (Å²) in [5.41, 5.74) is 6.31. The summed E-state index contributed by atoms with van der Waals surface area (Å²) in [7, 11) is 1.68. The summed E-state index contributed by atoms with van der Waals surface area (Å²) in [5, 5.41) is 11.3. The van der Waals surface area contributed by atoms with Gasteiger partial charge in [-0.3, -0.25) is 15.0 Å². The first-order valence-corrected chi connectivity index (χ1v) is 12.0. The Balaban J connectivity index is 1.60. The van der Waals surface area contributed by atoms with Crippen molar-refractivity contribution in [1.82, 2.24) is 4.90 Å². The van der Waals surface area contributed by atoms with Crippen molar-refractivity contribution in [2.45, 2.75) is 38.3 Å². The van der Waals surface area contributed by atoms with Crippen molar-refractivity contribution in [2.75, 3.05) is 13.7 Å². The molecule has 2 atom stereocenters. The van der Waals surface area contributed by atoms with Gasteiger partial charge in [0.05, 0.1) is 12.0 Å². The van der Waals surface area contributed by atoms with Gasteiger partial charge in [0.25, 0.3) is 5.69 Å². The maximum absolute atomic E-state index is 11.3. The Morgan fingerprint density at radius 3 is 2.24 bits per heavy atom. The third-order valence-corrected chi connectivity index (χ3v) is 7.31. The molecule has 0 amide bonds. The van der Waals surface area contributed by atoms with Crippen LogP contribution in [-0.2, 0) is 6.54 Å². The summed E-state index contributed by atoms with van der Waals surface area (Å²) >= 11 is 0. The fourth-order valence-electron chi connectivity index (χ4n) is 5.71. The Labute approximate surface area is 200 Å². The van der Waals surface area contributed by atoms with E-state index in [0.717, 1.165) is 30.0 Å². The highest BCUT2D eigenvalue weighted by Crippen LogP contribution is 2.45. The molecule has 0 unspecified atom stereocenters.